The van der Waals surface area contributed by atoms with E-state index in [1.165, 1.54) is 23.0 Å². The third-order valence-electron chi connectivity index (χ3n) is 5.67. The van der Waals surface area contributed by atoms with Crippen molar-refractivity contribution in [2.75, 3.05) is 0 Å². The Morgan fingerprint density at radius 2 is 1.88 bits per heavy atom. The maximum Gasteiger partial charge on any atom is 0.230 e. The van der Waals surface area contributed by atoms with Crippen molar-refractivity contribution in [2.45, 2.75) is 25.7 Å². The van der Waals surface area contributed by atoms with Crippen LogP contribution in [0.2, 0.25) is 0 Å². The molecule has 5 rings (SSSR count). The molecule has 0 saturated heterocycles. The number of aromatic nitrogens is 2. The molecule has 0 unspecified atom stereocenters. The van der Waals surface area contributed by atoms with Gasteiger partial charge in [0.05, 0.1) is 16.1 Å². The Balaban J connectivity index is 1.53. The minimum absolute atomic E-state index is 0.230. The summed E-state index contributed by atoms with van der Waals surface area (Å²) in [5, 5.41) is 10.0. The number of rotatable bonds is 4. The zero-order valence-corrected chi connectivity index (χ0v) is 17.8. The molecule has 0 radical (unpaired) electrons. The molecule has 0 amide bonds. The van der Waals surface area contributed by atoms with E-state index >= 15 is 0 Å². The number of nitrogens with zero attached hydrogens (tertiary/aromatic N) is 2. The normalized spacial score (nSPS) is 12.7. The van der Waals surface area contributed by atoms with Crippen LogP contribution < -0.4 is 4.73 Å². The molecule has 0 atom stereocenters. The number of carbonyl (C=O) groups is 1. The summed E-state index contributed by atoms with van der Waals surface area (Å²) >= 11 is 1.28. The molecular weight excluding hydrogens is 430 g/mol. The lowest BCUT2D eigenvalue weighted by Gasteiger charge is -2.08. The van der Waals surface area contributed by atoms with Crippen LogP contribution in [0.25, 0.3) is 21.6 Å². The first-order valence-corrected chi connectivity index (χ1v) is 11.1. The quantitative estimate of drug-likeness (QED) is 0.265. The lowest BCUT2D eigenvalue weighted by atomic mass is 9.98. The standard InChI is InChI=1S/C25H19F2N2O2S/c26-20-6-2-7-21(27)19(20)13-23(30)25-28-22-8-1-4-15-9-10-16(12-18(15)24(22)32-25)17-5-3-11-29(31)14-17/h2-3,5-7,9-12,14,31H,1,4,8,13H2/q+1. The van der Waals surface area contributed by atoms with Gasteiger partial charge in [0, 0.05) is 22.8 Å². The van der Waals surface area contributed by atoms with E-state index in [2.05, 4.69) is 17.1 Å². The van der Waals surface area contributed by atoms with Crippen LogP contribution in [0.15, 0.2) is 60.9 Å². The van der Waals surface area contributed by atoms with Crippen LogP contribution in [0.3, 0.4) is 0 Å². The second kappa shape index (κ2) is 8.24. The van der Waals surface area contributed by atoms with E-state index in [1.54, 1.807) is 18.5 Å². The fourth-order valence-corrected chi connectivity index (χ4v) is 5.15. The lowest BCUT2D eigenvalue weighted by Crippen LogP contribution is -2.28. The first-order chi connectivity index (χ1) is 15.5. The van der Waals surface area contributed by atoms with Gasteiger partial charge >= 0.3 is 0 Å². The third-order valence-corrected chi connectivity index (χ3v) is 6.84. The summed E-state index contributed by atoms with van der Waals surface area (Å²) in [5.74, 6) is -1.85. The van der Waals surface area contributed by atoms with Crippen LogP contribution in [0.5, 0.6) is 0 Å². The van der Waals surface area contributed by atoms with Gasteiger partial charge in [0.2, 0.25) is 12.4 Å². The summed E-state index contributed by atoms with van der Waals surface area (Å²) in [6.07, 6.45) is 5.35. The number of ketones is 1. The number of Topliss-reactive ketones (excluding diaryl/α,β-unsaturated/α-hetero) is 1. The predicted molar refractivity (Wildman–Crippen MR) is 117 cm³/mol. The van der Waals surface area contributed by atoms with Crippen LogP contribution in [0, 0.1) is 11.6 Å². The summed E-state index contributed by atoms with van der Waals surface area (Å²) in [4.78, 5) is 18.3. The van der Waals surface area contributed by atoms with E-state index in [-0.39, 0.29) is 17.0 Å². The van der Waals surface area contributed by atoms with Crippen LogP contribution in [0.4, 0.5) is 8.78 Å². The number of carbonyl (C=O) groups excluding carboxylic acids is 1. The van der Waals surface area contributed by atoms with Crippen LogP contribution in [0.1, 0.15) is 33.0 Å². The maximum absolute atomic E-state index is 14.0. The van der Waals surface area contributed by atoms with Gasteiger partial charge in [-0.2, -0.15) is 0 Å². The second-order valence-corrected chi connectivity index (χ2v) is 8.79. The summed E-state index contributed by atoms with van der Waals surface area (Å²) in [6, 6.07) is 13.4. The molecule has 2 aromatic heterocycles. The molecule has 2 heterocycles. The minimum atomic E-state index is -0.726. The van der Waals surface area contributed by atoms with Crippen LogP contribution in [-0.2, 0) is 19.3 Å². The summed E-state index contributed by atoms with van der Waals surface area (Å²) in [7, 11) is 0. The number of fused-ring (bicyclic) bond motifs is 3. The SMILES string of the molecule is O=C(Cc1c(F)cccc1F)c1nc2c(s1)-c1cc(-c3ccc[n+](O)c3)ccc1CCC2. The van der Waals surface area contributed by atoms with Crippen LogP contribution >= 0.6 is 11.3 Å². The average molecular weight is 450 g/mol. The number of halogens is 2. The molecule has 4 nitrogen and oxygen atoms in total. The van der Waals surface area contributed by atoms with Gasteiger partial charge in [-0.15, -0.1) is 11.3 Å². The number of thiazole rings is 1. The maximum atomic E-state index is 14.0. The lowest BCUT2D eigenvalue weighted by molar-refractivity contribution is -0.904. The van der Waals surface area contributed by atoms with Gasteiger partial charge in [-0.25, -0.2) is 13.8 Å². The topological polar surface area (TPSA) is 54.1 Å². The highest BCUT2D eigenvalue weighted by Crippen LogP contribution is 2.39. The van der Waals surface area contributed by atoms with Crippen molar-refractivity contribution in [1.82, 2.24) is 4.98 Å². The first kappa shape index (κ1) is 20.5. The van der Waals surface area contributed by atoms with Gasteiger partial charge in [-0.3, -0.25) is 10.0 Å². The van der Waals surface area contributed by atoms with Crippen molar-refractivity contribution >= 4 is 17.1 Å². The number of pyridine rings is 1. The molecule has 0 bridgehead atoms. The molecule has 160 valence electrons. The number of aryl methyl sites for hydroxylation is 2. The predicted octanol–water partition coefficient (Wildman–Crippen LogP) is 5.19. The Morgan fingerprint density at radius 3 is 2.66 bits per heavy atom. The largest absolute Gasteiger partial charge is 0.291 e. The molecule has 32 heavy (non-hydrogen) atoms. The van der Waals surface area contributed by atoms with E-state index < -0.39 is 17.4 Å². The average Bonchev–Trinajstić information content (AvgIpc) is 3.13. The summed E-state index contributed by atoms with van der Waals surface area (Å²) in [5.41, 5.74) is 4.59. The number of benzene rings is 2. The van der Waals surface area contributed by atoms with Crippen molar-refractivity contribution < 1.29 is 23.5 Å². The van der Waals surface area contributed by atoms with Crippen molar-refractivity contribution in [1.29, 1.82) is 0 Å². The Kier molecular flexibility index (Phi) is 5.27. The molecule has 1 N–H and O–H groups in total. The summed E-state index contributed by atoms with van der Waals surface area (Å²) in [6.45, 7) is 0. The van der Waals surface area contributed by atoms with Crippen molar-refractivity contribution in [3.63, 3.8) is 0 Å². The van der Waals surface area contributed by atoms with Crippen molar-refractivity contribution in [3.05, 3.63) is 94.4 Å². The minimum Gasteiger partial charge on any atom is -0.291 e. The second-order valence-electron chi connectivity index (χ2n) is 7.79. The molecule has 7 heteroatoms. The molecule has 0 spiro atoms. The van der Waals surface area contributed by atoms with Gasteiger partial charge in [0.15, 0.2) is 10.8 Å². The van der Waals surface area contributed by atoms with E-state index in [0.717, 1.165) is 63.4 Å². The highest BCUT2D eigenvalue weighted by Gasteiger charge is 2.24. The van der Waals surface area contributed by atoms with E-state index in [1.807, 2.05) is 12.1 Å². The Hall–Kier alpha value is -3.45. The van der Waals surface area contributed by atoms with E-state index in [4.69, 9.17) is 0 Å². The van der Waals surface area contributed by atoms with Gasteiger partial charge < -0.3 is 0 Å². The Bertz CT molecular complexity index is 1330. The van der Waals surface area contributed by atoms with E-state index in [0.29, 0.717) is 0 Å². The van der Waals surface area contributed by atoms with Gasteiger partial charge in [-0.1, -0.05) is 18.2 Å². The molecule has 1 aliphatic carbocycles. The molecule has 0 saturated carbocycles. The van der Waals surface area contributed by atoms with Gasteiger partial charge in [0.1, 0.15) is 11.6 Å². The van der Waals surface area contributed by atoms with Gasteiger partial charge in [0.25, 0.3) is 0 Å². The monoisotopic (exact) mass is 449 g/mol. The van der Waals surface area contributed by atoms with Crippen molar-refractivity contribution in [3.8, 4) is 21.6 Å². The Labute approximate surface area is 187 Å². The molecular formula is C25H19F2N2O2S+. The fourth-order valence-electron chi connectivity index (χ4n) is 4.05. The van der Waals surface area contributed by atoms with Crippen molar-refractivity contribution in [2.24, 2.45) is 0 Å². The smallest absolute Gasteiger partial charge is 0.230 e. The van der Waals surface area contributed by atoms with Gasteiger partial charge in [-0.05, 0) is 60.2 Å². The molecule has 0 aliphatic heterocycles. The molecule has 1 aliphatic rings. The molecule has 2 aromatic carbocycles. The highest BCUT2D eigenvalue weighted by atomic mass is 32.1. The Morgan fingerprint density at radius 1 is 1.06 bits per heavy atom. The highest BCUT2D eigenvalue weighted by molar-refractivity contribution is 7.17. The van der Waals surface area contributed by atoms with E-state index in [9.17, 15) is 18.8 Å². The fraction of sp³-hybridized carbons (Fsp3) is 0.160. The zero-order valence-electron chi connectivity index (χ0n) is 17.0. The third kappa shape index (κ3) is 3.80. The molecule has 4 aromatic rings. The number of hydrogen-bond acceptors (Lipinski definition) is 4. The zero-order chi connectivity index (χ0) is 22.2. The molecule has 0 fully saturated rings. The first-order valence-electron chi connectivity index (χ1n) is 10.3. The summed E-state index contributed by atoms with van der Waals surface area (Å²) < 4.78 is 29.0. The number of hydrogen-bond donors (Lipinski definition) is 1. The van der Waals surface area contributed by atoms with Crippen LogP contribution in [-0.4, -0.2) is 16.0 Å².